The van der Waals surface area contributed by atoms with Crippen LogP contribution in [0.4, 0.5) is 0 Å². The summed E-state index contributed by atoms with van der Waals surface area (Å²) < 4.78 is 12.0. The summed E-state index contributed by atoms with van der Waals surface area (Å²) in [4.78, 5) is 33.1. The van der Waals surface area contributed by atoms with Crippen LogP contribution in [0.25, 0.3) is 10.9 Å². The number of aromatic nitrogens is 1. The summed E-state index contributed by atoms with van der Waals surface area (Å²) in [5.41, 5.74) is 0.628. The van der Waals surface area contributed by atoms with Gasteiger partial charge in [0.2, 0.25) is 0 Å². The van der Waals surface area contributed by atoms with Crippen LogP contribution in [0, 0.1) is 3.57 Å². The number of nitrogens with zero attached hydrogens (tertiary/aromatic N) is 3. The summed E-state index contributed by atoms with van der Waals surface area (Å²) in [5.74, 6) is 0.561. The Hall–Kier alpha value is -2.33. The van der Waals surface area contributed by atoms with Crippen LogP contribution in [0.1, 0.15) is 17.5 Å². The number of halogens is 2. The number of carbonyl (C=O) groups excluding carboxylic acids is 2. The molecule has 0 N–H and O–H groups in total. The predicted octanol–water partition coefficient (Wildman–Crippen LogP) is 3.84. The van der Waals surface area contributed by atoms with Crippen molar-refractivity contribution in [3.8, 4) is 5.75 Å². The first-order chi connectivity index (χ1) is 14.5. The lowest BCUT2D eigenvalue weighted by Gasteiger charge is -2.35. The Labute approximate surface area is 192 Å². The molecule has 30 heavy (non-hydrogen) atoms. The van der Waals surface area contributed by atoms with Crippen molar-refractivity contribution in [1.29, 1.82) is 0 Å². The molecule has 2 amide bonds. The molecule has 1 fully saturated rings. The zero-order chi connectivity index (χ0) is 21.3. The Morgan fingerprint density at radius 2 is 1.93 bits per heavy atom. The minimum atomic E-state index is -0.697. The van der Waals surface area contributed by atoms with Gasteiger partial charge in [0.15, 0.2) is 17.6 Å². The number of ether oxygens (including phenoxy) is 1. The van der Waals surface area contributed by atoms with Crippen molar-refractivity contribution in [2.24, 2.45) is 0 Å². The molecular formula is C21H19ClIN3O4. The lowest BCUT2D eigenvalue weighted by molar-refractivity contribution is -0.139. The van der Waals surface area contributed by atoms with Crippen molar-refractivity contribution in [3.05, 3.63) is 57.1 Å². The van der Waals surface area contributed by atoms with Crippen LogP contribution in [-0.4, -0.2) is 58.9 Å². The third kappa shape index (κ3) is 4.11. The second-order valence-corrected chi connectivity index (χ2v) is 8.49. The second-order valence-electron chi connectivity index (χ2n) is 6.92. The fraction of sp³-hybridized carbons (Fsp3) is 0.286. The minimum Gasteiger partial charge on any atom is -0.477 e. The van der Waals surface area contributed by atoms with Gasteiger partial charge in [-0.25, -0.2) is 0 Å². The topological polar surface area (TPSA) is 75.9 Å². The second kappa shape index (κ2) is 8.81. The highest BCUT2D eigenvalue weighted by atomic mass is 127. The van der Waals surface area contributed by atoms with E-state index in [4.69, 9.17) is 20.8 Å². The molecule has 1 atom stereocenters. The summed E-state index contributed by atoms with van der Waals surface area (Å²) in [6.45, 7) is 3.50. The highest BCUT2D eigenvalue weighted by Gasteiger charge is 2.29. The predicted molar refractivity (Wildman–Crippen MR) is 121 cm³/mol. The van der Waals surface area contributed by atoms with Gasteiger partial charge < -0.3 is 19.0 Å². The van der Waals surface area contributed by atoms with E-state index in [0.717, 1.165) is 8.96 Å². The largest absolute Gasteiger partial charge is 0.477 e. The molecule has 2 aromatic heterocycles. The van der Waals surface area contributed by atoms with Crippen molar-refractivity contribution in [1.82, 2.24) is 14.8 Å². The molecule has 156 valence electrons. The van der Waals surface area contributed by atoms with E-state index in [-0.39, 0.29) is 11.8 Å². The molecule has 1 saturated heterocycles. The van der Waals surface area contributed by atoms with Gasteiger partial charge in [-0.05, 0) is 59.8 Å². The number of amides is 2. The third-order valence-corrected chi connectivity index (χ3v) is 6.12. The fourth-order valence-electron chi connectivity index (χ4n) is 3.43. The zero-order valence-corrected chi connectivity index (χ0v) is 19.1. The lowest BCUT2D eigenvalue weighted by Crippen LogP contribution is -2.53. The number of pyridine rings is 1. The molecule has 0 radical (unpaired) electrons. The molecule has 3 aromatic rings. The van der Waals surface area contributed by atoms with Gasteiger partial charge in [-0.3, -0.25) is 14.6 Å². The molecule has 0 saturated carbocycles. The molecule has 1 aliphatic heterocycles. The number of hydrogen-bond donors (Lipinski definition) is 0. The van der Waals surface area contributed by atoms with Gasteiger partial charge in [0.25, 0.3) is 11.8 Å². The van der Waals surface area contributed by atoms with Gasteiger partial charge in [-0.1, -0.05) is 11.6 Å². The minimum absolute atomic E-state index is 0.130. The summed E-state index contributed by atoms with van der Waals surface area (Å²) >= 11 is 8.45. The van der Waals surface area contributed by atoms with E-state index in [1.165, 1.54) is 6.26 Å². The van der Waals surface area contributed by atoms with Gasteiger partial charge >= 0.3 is 0 Å². The maximum atomic E-state index is 13.0. The molecule has 0 bridgehead atoms. The fourth-order valence-corrected chi connectivity index (χ4v) is 4.57. The smallest absolute Gasteiger partial charge is 0.289 e. The number of rotatable bonds is 4. The molecule has 9 heteroatoms. The first kappa shape index (κ1) is 20.9. The Bertz CT molecular complexity index is 1080. The van der Waals surface area contributed by atoms with Crippen molar-refractivity contribution in [3.63, 3.8) is 0 Å². The first-order valence-electron chi connectivity index (χ1n) is 9.46. The molecule has 0 aliphatic carbocycles. The number of piperazine rings is 1. The number of fused-ring (bicyclic) bond motifs is 1. The average molecular weight is 540 g/mol. The van der Waals surface area contributed by atoms with Crippen molar-refractivity contribution >= 4 is 56.9 Å². The van der Waals surface area contributed by atoms with Gasteiger partial charge in [-0.2, -0.15) is 0 Å². The summed E-state index contributed by atoms with van der Waals surface area (Å²) in [6, 6.07) is 8.81. The molecule has 4 rings (SSSR count). The van der Waals surface area contributed by atoms with Crippen molar-refractivity contribution in [2.75, 3.05) is 26.2 Å². The number of carbonyl (C=O) groups is 2. The van der Waals surface area contributed by atoms with Crippen LogP contribution in [0.5, 0.6) is 5.75 Å². The number of hydrogen-bond acceptors (Lipinski definition) is 5. The van der Waals surface area contributed by atoms with E-state index in [1.807, 2.05) is 12.1 Å². The third-order valence-electron chi connectivity index (χ3n) is 5.00. The van der Waals surface area contributed by atoms with Gasteiger partial charge in [0.1, 0.15) is 5.52 Å². The maximum absolute atomic E-state index is 13.0. The number of benzene rings is 1. The van der Waals surface area contributed by atoms with Gasteiger partial charge in [0.05, 0.1) is 14.9 Å². The van der Waals surface area contributed by atoms with E-state index in [1.54, 1.807) is 41.1 Å². The van der Waals surface area contributed by atoms with Crippen molar-refractivity contribution < 1.29 is 18.7 Å². The van der Waals surface area contributed by atoms with Crippen LogP contribution in [-0.2, 0) is 4.79 Å². The quantitative estimate of drug-likeness (QED) is 0.471. The average Bonchev–Trinajstić information content (AvgIpc) is 3.30. The van der Waals surface area contributed by atoms with E-state index in [0.29, 0.717) is 48.2 Å². The van der Waals surface area contributed by atoms with Crippen LogP contribution >= 0.6 is 34.2 Å². The summed E-state index contributed by atoms with van der Waals surface area (Å²) in [7, 11) is 0. The molecule has 0 unspecified atom stereocenters. The Morgan fingerprint density at radius 3 is 2.63 bits per heavy atom. The highest BCUT2D eigenvalue weighted by molar-refractivity contribution is 14.1. The van der Waals surface area contributed by atoms with Crippen LogP contribution in [0.3, 0.4) is 0 Å². The van der Waals surface area contributed by atoms with Crippen LogP contribution in [0.15, 0.2) is 47.2 Å². The normalized spacial score (nSPS) is 15.3. The Balaban J connectivity index is 1.43. The molecule has 7 nitrogen and oxygen atoms in total. The summed E-state index contributed by atoms with van der Waals surface area (Å²) in [6.07, 6.45) is 2.45. The molecule has 3 heterocycles. The summed E-state index contributed by atoms with van der Waals surface area (Å²) in [5, 5.41) is 1.37. The standard InChI is InChI=1S/C21H19ClIN3O4/c1-13(30-19-16(23)12-15(22)14-4-2-6-24-18(14)19)20(27)25-7-9-26(10-8-25)21(28)17-5-3-11-29-17/h2-6,11-13H,7-10H2,1H3/t13-/m1/s1. The Morgan fingerprint density at radius 1 is 1.20 bits per heavy atom. The van der Waals surface area contributed by atoms with E-state index < -0.39 is 6.10 Å². The molecule has 1 aromatic carbocycles. The maximum Gasteiger partial charge on any atom is 0.289 e. The van der Waals surface area contributed by atoms with Crippen LogP contribution in [0.2, 0.25) is 5.02 Å². The first-order valence-corrected chi connectivity index (χ1v) is 10.9. The Kier molecular flexibility index (Phi) is 6.14. The lowest BCUT2D eigenvalue weighted by atomic mass is 10.2. The molecule has 0 spiro atoms. The SMILES string of the molecule is C[C@@H](Oc1c(I)cc(Cl)c2cccnc12)C(=O)N1CCN(C(=O)c2ccco2)CC1. The van der Waals surface area contributed by atoms with Gasteiger partial charge in [-0.15, -0.1) is 0 Å². The molecule has 1 aliphatic rings. The van der Waals surface area contributed by atoms with E-state index in [2.05, 4.69) is 27.6 Å². The van der Waals surface area contributed by atoms with Crippen LogP contribution < -0.4 is 4.74 Å². The van der Waals surface area contributed by atoms with E-state index >= 15 is 0 Å². The van der Waals surface area contributed by atoms with E-state index in [9.17, 15) is 9.59 Å². The zero-order valence-electron chi connectivity index (χ0n) is 16.2. The molecular weight excluding hydrogens is 521 g/mol. The number of furan rings is 1. The monoisotopic (exact) mass is 539 g/mol. The highest BCUT2D eigenvalue weighted by Crippen LogP contribution is 2.35. The van der Waals surface area contributed by atoms with Crippen molar-refractivity contribution in [2.45, 2.75) is 13.0 Å². The van der Waals surface area contributed by atoms with Gasteiger partial charge in [0, 0.05) is 37.8 Å².